The Hall–Kier alpha value is -3.70. The predicted octanol–water partition coefficient (Wildman–Crippen LogP) is 7.05. The van der Waals surface area contributed by atoms with Crippen LogP contribution in [-0.2, 0) is 18.2 Å². The summed E-state index contributed by atoms with van der Waals surface area (Å²) in [6.07, 6.45) is 6.23. The number of carbonyl (C=O) groups is 1. The summed E-state index contributed by atoms with van der Waals surface area (Å²) in [7, 11) is 1.75. The Labute approximate surface area is 256 Å². The van der Waals surface area contributed by atoms with E-state index in [4.69, 9.17) is 37.4 Å². The van der Waals surface area contributed by atoms with Gasteiger partial charge in [-0.2, -0.15) is 8.78 Å². The molecule has 1 aromatic heterocycles. The lowest BCUT2D eigenvalue weighted by Gasteiger charge is -2.21. The maximum atomic E-state index is 13.5. The molecule has 1 heterocycles. The van der Waals surface area contributed by atoms with Crippen LogP contribution >= 0.6 is 23.2 Å². The Kier molecular flexibility index (Phi) is 9.51. The lowest BCUT2D eigenvalue weighted by molar-refractivity contribution is -0.671. The number of nitro benzene ring substituents is 1. The van der Waals surface area contributed by atoms with E-state index >= 15 is 0 Å². The van der Waals surface area contributed by atoms with Crippen LogP contribution in [0.15, 0.2) is 48.8 Å². The fraction of sp³-hybridized carbons (Fsp3) is 0.400. The van der Waals surface area contributed by atoms with Gasteiger partial charge in [-0.25, -0.2) is 9.36 Å². The summed E-state index contributed by atoms with van der Waals surface area (Å²) in [6.45, 7) is -2.43. The molecule has 2 saturated carbocycles. The normalized spacial score (nSPS) is 15.2. The third-order valence-corrected chi connectivity index (χ3v) is 7.79. The van der Waals surface area contributed by atoms with Crippen molar-refractivity contribution in [3.63, 3.8) is 0 Å². The second kappa shape index (κ2) is 13.3. The van der Waals surface area contributed by atoms with Crippen LogP contribution in [0.4, 0.5) is 14.5 Å². The monoisotopic (exact) mass is 637 g/mol. The Morgan fingerprint density at radius 2 is 1.60 bits per heavy atom. The first kappa shape index (κ1) is 30.7. The molecule has 2 aromatic carbocycles. The molecule has 228 valence electrons. The number of pyridine rings is 1. The second-order valence-electron chi connectivity index (χ2n) is 10.7. The van der Waals surface area contributed by atoms with Crippen LogP contribution in [0.3, 0.4) is 0 Å². The second-order valence-corrected chi connectivity index (χ2v) is 11.5. The van der Waals surface area contributed by atoms with Gasteiger partial charge in [0.2, 0.25) is 0 Å². The minimum absolute atomic E-state index is 0.0272. The largest absolute Gasteiger partial charge is 0.489 e. The number of aromatic nitrogens is 1. The molecule has 0 saturated heterocycles. The summed E-state index contributed by atoms with van der Waals surface area (Å²) in [5, 5.41) is 12.2. The molecule has 13 heteroatoms. The minimum Gasteiger partial charge on any atom is -0.489 e. The number of ether oxygens (including phenoxy) is 4. The van der Waals surface area contributed by atoms with Crippen molar-refractivity contribution in [3.05, 3.63) is 85.6 Å². The Morgan fingerprint density at radius 3 is 2.19 bits per heavy atom. The van der Waals surface area contributed by atoms with Gasteiger partial charge in [-0.1, -0.05) is 29.3 Å². The molecule has 9 nitrogen and oxygen atoms in total. The van der Waals surface area contributed by atoms with E-state index in [1.165, 1.54) is 36.4 Å². The quantitative estimate of drug-likeness (QED) is 0.0808. The highest BCUT2D eigenvalue weighted by atomic mass is 35.5. The highest BCUT2D eigenvalue weighted by Crippen LogP contribution is 2.39. The van der Waals surface area contributed by atoms with Gasteiger partial charge in [0.05, 0.1) is 23.7 Å². The topological polar surface area (TPSA) is 101 Å². The van der Waals surface area contributed by atoms with E-state index < -0.39 is 23.6 Å². The minimum atomic E-state index is -3.07. The summed E-state index contributed by atoms with van der Waals surface area (Å²) in [4.78, 5) is 24.5. The summed E-state index contributed by atoms with van der Waals surface area (Å²) < 4.78 is 50.0. The van der Waals surface area contributed by atoms with E-state index in [1.807, 2.05) is 0 Å². The first-order chi connectivity index (χ1) is 20.6. The average Bonchev–Trinajstić information content (AvgIpc) is 3.88. The van der Waals surface area contributed by atoms with E-state index in [0.29, 0.717) is 46.2 Å². The molecule has 0 radical (unpaired) electrons. The Balaban J connectivity index is 1.47. The standard InChI is InChI=1S/C30H29Cl2F2N2O7/c1-35-13-22(31)21(23(32)14-35)12-26(19-7-9-25(43-30(33)34)28(10-19)41-16-18-4-5-18)42-29(37)20-6-8-24(36(38)39)27(11-20)40-15-17-2-3-17/h6-11,13-14,17-18,26,30H,2-5,12,15-16H2,1H3/q+1/t26-/m0/s1. The van der Waals surface area contributed by atoms with Crippen molar-refractivity contribution in [3.8, 4) is 17.2 Å². The summed E-state index contributed by atoms with van der Waals surface area (Å²) in [5.41, 5.74) is 0.662. The fourth-order valence-electron chi connectivity index (χ4n) is 4.39. The van der Waals surface area contributed by atoms with E-state index in [0.717, 1.165) is 25.7 Å². The molecule has 2 fully saturated rings. The maximum absolute atomic E-state index is 13.5. The van der Waals surface area contributed by atoms with Crippen LogP contribution < -0.4 is 18.8 Å². The molecule has 3 aromatic rings. The van der Waals surface area contributed by atoms with Crippen LogP contribution in [0.25, 0.3) is 0 Å². The zero-order valence-corrected chi connectivity index (χ0v) is 24.7. The van der Waals surface area contributed by atoms with Gasteiger partial charge >= 0.3 is 18.3 Å². The van der Waals surface area contributed by atoms with Crippen LogP contribution in [0.1, 0.15) is 53.3 Å². The fourth-order valence-corrected chi connectivity index (χ4v) is 5.11. The maximum Gasteiger partial charge on any atom is 0.387 e. The highest BCUT2D eigenvalue weighted by Gasteiger charge is 2.29. The summed E-state index contributed by atoms with van der Waals surface area (Å²) in [5.74, 6) is -0.242. The van der Waals surface area contributed by atoms with Gasteiger partial charge in [0.1, 0.15) is 23.2 Å². The molecule has 43 heavy (non-hydrogen) atoms. The third-order valence-electron chi connectivity index (χ3n) is 7.14. The lowest BCUT2D eigenvalue weighted by atomic mass is 10.0. The number of benzene rings is 2. The Morgan fingerprint density at radius 1 is 0.977 bits per heavy atom. The molecule has 0 amide bonds. The SMILES string of the molecule is C[n+]1cc(Cl)c(C[C@H](OC(=O)c2ccc([N+](=O)[O-])c(OCC3CC3)c2)c2ccc(OC(F)F)c(OCC3CC3)c2)c(Cl)c1. The zero-order chi connectivity index (χ0) is 30.7. The van der Waals surface area contributed by atoms with Crippen molar-refractivity contribution < 1.29 is 42.0 Å². The number of nitro groups is 1. The predicted molar refractivity (Wildman–Crippen MR) is 152 cm³/mol. The molecule has 0 unspecified atom stereocenters. The van der Waals surface area contributed by atoms with Crippen molar-refractivity contribution in [1.29, 1.82) is 0 Å². The first-order valence-corrected chi connectivity index (χ1v) is 14.5. The van der Waals surface area contributed by atoms with Gasteiger partial charge in [0, 0.05) is 24.1 Å². The van der Waals surface area contributed by atoms with Crippen LogP contribution in [0.2, 0.25) is 10.0 Å². The third kappa shape index (κ3) is 8.23. The molecule has 2 aliphatic carbocycles. The smallest absolute Gasteiger partial charge is 0.387 e. The van der Waals surface area contributed by atoms with E-state index in [2.05, 4.69) is 4.74 Å². The van der Waals surface area contributed by atoms with Gasteiger partial charge in [0.15, 0.2) is 29.6 Å². The van der Waals surface area contributed by atoms with Crippen molar-refractivity contribution in [2.24, 2.45) is 18.9 Å². The summed E-state index contributed by atoms with van der Waals surface area (Å²) >= 11 is 13.0. The molecular formula is C30H29Cl2F2N2O7+. The number of esters is 1. The number of nitrogens with zero attached hydrogens (tertiary/aromatic N) is 2. The van der Waals surface area contributed by atoms with Crippen molar-refractivity contribution in [2.75, 3.05) is 13.2 Å². The van der Waals surface area contributed by atoms with Gasteiger partial charge in [-0.15, -0.1) is 0 Å². The molecule has 0 N–H and O–H groups in total. The van der Waals surface area contributed by atoms with Crippen LogP contribution in [-0.4, -0.2) is 30.7 Å². The van der Waals surface area contributed by atoms with Crippen molar-refractivity contribution in [1.82, 2.24) is 0 Å². The van der Waals surface area contributed by atoms with Crippen LogP contribution in [0, 0.1) is 22.0 Å². The van der Waals surface area contributed by atoms with E-state index in [1.54, 1.807) is 24.0 Å². The van der Waals surface area contributed by atoms with Gasteiger partial charge in [-0.3, -0.25) is 10.1 Å². The highest BCUT2D eigenvalue weighted by molar-refractivity contribution is 6.35. The van der Waals surface area contributed by atoms with Gasteiger partial charge < -0.3 is 18.9 Å². The van der Waals surface area contributed by atoms with E-state index in [9.17, 15) is 23.7 Å². The number of hydrogen-bond acceptors (Lipinski definition) is 7. The average molecular weight is 638 g/mol. The van der Waals surface area contributed by atoms with Gasteiger partial charge in [-0.05, 0) is 61.3 Å². The number of halogens is 4. The number of aryl methyl sites for hydroxylation is 1. The Bertz CT molecular complexity index is 1490. The molecule has 5 rings (SSSR count). The van der Waals surface area contributed by atoms with Crippen LogP contribution in [0.5, 0.6) is 17.2 Å². The number of rotatable bonds is 14. The number of carbonyl (C=O) groups excluding carboxylic acids is 1. The number of alkyl halides is 2. The molecule has 0 aliphatic heterocycles. The zero-order valence-electron chi connectivity index (χ0n) is 23.1. The summed E-state index contributed by atoms with van der Waals surface area (Å²) in [6, 6.07) is 8.07. The first-order valence-electron chi connectivity index (χ1n) is 13.7. The molecule has 0 bridgehead atoms. The van der Waals surface area contributed by atoms with E-state index in [-0.39, 0.29) is 34.9 Å². The number of hydrogen-bond donors (Lipinski definition) is 0. The van der Waals surface area contributed by atoms with Gasteiger partial charge in [0.25, 0.3) is 0 Å². The molecule has 2 aliphatic rings. The molecular weight excluding hydrogens is 609 g/mol. The van der Waals surface area contributed by atoms with Crippen molar-refractivity contribution >= 4 is 34.9 Å². The molecule has 1 atom stereocenters. The van der Waals surface area contributed by atoms with Crippen molar-refractivity contribution in [2.45, 2.75) is 44.8 Å². The lowest BCUT2D eigenvalue weighted by Crippen LogP contribution is -2.27. The molecule has 0 spiro atoms.